The van der Waals surface area contributed by atoms with E-state index >= 15 is 0 Å². The Hall–Kier alpha value is -1.70. The molecule has 14 heteroatoms. The number of aliphatic hydroxyl groups is 1. The third-order valence-corrected chi connectivity index (χ3v) is 7.68. The van der Waals surface area contributed by atoms with Crippen LogP contribution in [0.4, 0.5) is 0 Å². The van der Waals surface area contributed by atoms with E-state index in [1.807, 2.05) is 13.8 Å². The molecule has 2 fully saturated rings. The molecule has 4 heterocycles. The molecule has 2 aromatic rings. The van der Waals surface area contributed by atoms with Crippen LogP contribution in [-0.2, 0) is 39.2 Å². The highest BCUT2D eigenvalue weighted by molar-refractivity contribution is 7.54. The Kier molecular flexibility index (Phi) is 6.78. The maximum absolute atomic E-state index is 12.6. The van der Waals surface area contributed by atoms with Crippen molar-refractivity contribution in [2.75, 3.05) is 27.9 Å². The second-order valence-corrected chi connectivity index (χ2v) is 10.6. The molecule has 5 atom stereocenters. The molecular weight excluding hydrogens is 459 g/mol. The maximum Gasteiger partial charge on any atom is 0.358 e. The van der Waals surface area contributed by atoms with Crippen LogP contribution in [0.1, 0.15) is 32.8 Å². The highest BCUT2D eigenvalue weighted by Gasteiger charge is 2.56. The lowest BCUT2D eigenvalue weighted by Crippen LogP contribution is -2.34. The van der Waals surface area contributed by atoms with Gasteiger partial charge in [0.1, 0.15) is 24.9 Å². The Morgan fingerprint density at radius 1 is 1.21 bits per heavy atom. The largest absolute Gasteiger partial charge is 0.479 e. The Balaban J connectivity index is 1.63. The number of hydrogen-bond donors (Lipinski definition) is 1. The second-order valence-electron chi connectivity index (χ2n) is 8.10. The summed E-state index contributed by atoms with van der Waals surface area (Å²) in [5.74, 6) is -1.25. The van der Waals surface area contributed by atoms with Crippen molar-refractivity contribution < 1.29 is 42.4 Å². The first-order valence-corrected chi connectivity index (χ1v) is 12.0. The third kappa shape index (κ3) is 4.40. The van der Waals surface area contributed by atoms with Gasteiger partial charge in [-0.05, 0) is 20.8 Å². The van der Waals surface area contributed by atoms with Crippen LogP contribution in [0.25, 0.3) is 11.2 Å². The number of imidazole rings is 1. The molecule has 0 amide bonds. The van der Waals surface area contributed by atoms with Gasteiger partial charge < -0.3 is 37.8 Å². The van der Waals surface area contributed by atoms with E-state index in [2.05, 4.69) is 15.0 Å². The van der Waals surface area contributed by atoms with Gasteiger partial charge in [-0.1, -0.05) is 0 Å². The van der Waals surface area contributed by atoms with E-state index in [1.165, 1.54) is 21.3 Å². The third-order valence-electron chi connectivity index (χ3n) is 5.63. The van der Waals surface area contributed by atoms with Crippen LogP contribution in [-0.4, -0.2) is 82.5 Å². The topological polar surface area (TPSA) is 146 Å². The quantitative estimate of drug-likeness (QED) is 0.512. The monoisotopic (exact) mass is 488 g/mol. The minimum atomic E-state index is -3.42. The van der Waals surface area contributed by atoms with Crippen molar-refractivity contribution in [2.24, 2.45) is 0 Å². The van der Waals surface area contributed by atoms with Crippen molar-refractivity contribution >= 4 is 18.8 Å². The highest BCUT2D eigenvalue weighted by atomic mass is 31.2. The van der Waals surface area contributed by atoms with Gasteiger partial charge >= 0.3 is 7.60 Å². The van der Waals surface area contributed by atoms with E-state index in [4.69, 9.17) is 32.7 Å². The summed E-state index contributed by atoms with van der Waals surface area (Å²) in [5, 5.41) is 9.55. The molecule has 2 aromatic heterocycles. The number of methoxy groups -OCH3 is 1. The standard InChI is InChI=1S/C19H29N4O9P/c1-10(33(25,27-5)28-6)29-8-11-14-15(32-19(2,3)31-14)18(30-11)23-9-20-13-16(23)21-12(7-24)22-17(13)26-4/h9-11,14-15,18,24H,7-8H2,1-6H3/t10?,11-,14-,15-,18-/m1/s1. The lowest BCUT2D eigenvalue weighted by Gasteiger charge is -2.26. The first kappa shape index (κ1) is 24.4. The summed E-state index contributed by atoms with van der Waals surface area (Å²) in [6.07, 6.45) is -0.634. The van der Waals surface area contributed by atoms with Gasteiger partial charge in [-0.15, -0.1) is 0 Å². The molecule has 33 heavy (non-hydrogen) atoms. The van der Waals surface area contributed by atoms with E-state index < -0.39 is 43.8 Å². The zero-order valence-electron chi connectivity index (χ0n) is 19.3. The fraction of sp³-hybridized carbons (Fsp3) is 0.737. The molecule has 1 unspecified atom stereocenters. The van der Waals surface area contributed by atoms with Gasteiger partial charge in [0, 0.05) is 14.2 Å². The molecule has 0 saturated carbocycles. The van der Waals surface area contributed by atoms with Crippen molar-refractivity contribution in [2.45, 2.75) is 63.6 Å². The molecule has 2 saturated heterocycles. The van der Waals surface area contributed by atoms with E-state index in [-0.39, 0.29) is 24.9 Å². The number of fused-ring (bicyclic) bond motifs is 2. The van der Waals surface area contributed by atoms with Crippen LogP contribution in [0.5, 0.6) is 5.88 Å². The van der Waals surface area contributed by atoms with Crippen LogP contribution in [0.3, 0.4) is 0 Å². The van der Waals surface area contributed by atoms with E-state index in [9.17, 15) is 9.67 Å². The van der Waals surface area contributed by atoms with Gasteiger partial charge in [0.15, 0.2) is 34.8 Å². The molecule has 2 aliphatic rings. The maximum atomic E-state index is 12.6. The molecule has 13 nitrogen and oxygen atoms in total. The zero-order chi connectivity index (χ0) is 24.0. The van der Waals surface area contributed by atoms with E-state index in [0.29, 0.717) is 11.2 Å². The second kappa shape index (κ2) is 9.16. The Bertz CT molecular complexity index is 1040. The van der Waals surface area contributed by atoms with E-state index in [1.54, 1.807) is 17.8 Å². The van der Waals surface area contributed by atoms with Gasteiger partial charge in [0.25, 0.3) is 0 Å². The summed E-state index contributed by atoms with van der Waals surface area (Å²) in [7, 11) is 0.660. The normalized spacial score (nSPS) is 27.7. The Morgan fingerprint density at radius 2 is 1.91 bits per heavy atom. The van der Waals surface area contributed by atoms with Gasteiger partial charge in [0.05, 0.1) is 20.0 Å². The zero-order valence-corrected chi connectivity index (χ0v) is 20.2. The SMILES string of the molecule is COc1nc(CO)nc2c1ncn2[C@@H]1O[C@H](COC(C)P(=O)(OC)OC)[C@H]2OC(C)(C)O[C@H]21. The summed E-state index contributed by atoms with van der Waals surface area (Å²) in [6, 6.07) is 0. The van der Waals surface area contributed by atoms with Crippen molar-refractivity contribution in [3.8, 4) is 5.88 Å². The predicted octanol–water partition coefficient (Wildman–Crippen LogP) is 1.59. The predicted molar refractivity (Wildman–Crippen MR) is 113 cm³/mol. The van der Waals surface area contributed by atoms with Crippen molar-refractivity contribution in [1.29, 1.82) is 0 Å². The molecule has 0 bridgehead atoms. The van der Waals surface area contributed by atoms with Gasteiger partial charge in [0.2, 0.25) is 5.88 Å². The molecule has 1 N–H and O–H groups in total. The summed E-state index contributed by atoms with van der Waals surface area (Å²) in [6.45, 7) is 4.93. The number of ether oxygens (including phenoxy) is 5. The summed E-state index contributed by atoms with van der Waals surface area (Å²) in [4.78, 5) is 12.9. The number of nitrogens with zero attached hydrogens (tertiary/aromatic N) is 4. The number of aliphatic hydroxyl groups excluding tert-OH is 1. The molecule has 2 aliphatic heterocycles. The van der Waals surface area contributed by atoms with Gasteiger partial charge in [-0.2, -0.15) is 4.98 Å². The molecule has 0 aliphatic carbocycles. The van der Waals surface area contributed by atoms with Crippen molar-refractivity contribution in [1.82, 2.24) is 19.5 Å². The van der Waals surface area contributed by atoms with Crippen LogP contribution in [0, 0.1) is 0 Å². The Morgan fingerprint density at radius 3 is 2.55 bits per heavy atom. The van der Waals surface area contributed by atoms with Gasteiger partial charge in [-0.25, -0.2) is 9.97 Å². The van der Waals surface area contributed by atoms with E-state index in [0.717, 1.165) is 0 Å². The minimum Gasteiger partial charge on any atom is -0.479 e. The van der Waals surface area contributed by atoms with Crippen LogP contribution in [0.15, 0.2) is 6.33 Å². The lowest BCUT2D eigenvalue weighted by molar-refractivity contribution is -0.202. The molecule has 0 radical (unpaired) electrons. The molecule has 0 spiro atoms. The summed E-state index contributed by atoms with van der Waals surface area (Å²) in [5.41, 5.74) is 0.837. The number of aromatic nitrogens is 4. The summed E-state index contributed by atoms with van der Waals surface area (Å²) >= 11 is 0. The average molecular weight is 488 g/mol. The van der Waals surface area contributed by atoms with Gasteiger partial charge in [-0.3, -0.25) is 9.13 Å². The molecule has 0 aromatic carbocycles. The Labute approximate surface area is 190 Å². The first-order chi connectivity index (χ1) is 15.7. The van der Waals surface area contributed by atoms with Crippen LogP contribution >= 0.6 is 7.60 Å². The number of rotatable bonds is 9. The van der Waals surface area contributed by atoms with Crippen molar-refractivity contribution in [3.05, 3.63) is 12.2 Å². The molecular formula is C19H29N4O9P. The lowest BCUT2D eigenvalue weighted by atomic mass is 10.1. The summed E-state index contributed by atoms with van der Waals surface area (Å²) < 4.78 is 53.9. The molecule has 4 rings (SSSR count). The average Bonchev–Trinajstić information content (AvgIpc) is 3.46. The van der Waals surface area contributed by atoms with Crippen LogP contribution in [0.2, 0.25) is 0 Å². The minimum absolute atomic E-state index is 0.0573. The fourth-order valence-corrected chi connectivity index (χ4v) is 5.06. The highest BCUT2D eigenvalue weighted by Crippen LogP contribution is 2.52. The van der Waals surface area contributed by atoms with Crippen molar-refractivity contribution in [3.63, 3.8) is 0 Å². The smallest absolute Gasteiger partial charge is 0.358 e. The number of hydrogen-bond acceptors (Lipinski definition) is 12. The first-order valence-electron chi connectivity index (χ1n) is 10.4. The molecule has 184 valence electrons. The fourth-order valence-electron chi connectivity index (χ4n) is 4.05. The van der Waals surface area contributed by atoms with Crippen LogP contribution < -0.4 is 4.74 Å².